The van der Waals surface area contributed by atoms with Crippen molar-refractivity contribution in [2.24, 2.45) is 0 Å². The van der Waals surface area contributed by atoms with Crippen molar-refractivity contribution in [2.45, 2.75) is 19.0 Å². The third kappa shape index (κ3) is 4.66. The molecule has 0 aliphatic heterocycles. The van der Waals surface area contributed by atoms with Crippen molar-refractivity contribution >= 4 is 78.1 Å². The summed E-state index contributed by atoms with van der Waals surface area (Å²) in [5, 5.41) is 13.1. The third-order valence-electron chi connectivity index (χ3n) is 5.19. The molecule has 1 amide bonds. The first-order chi connectivity index (χ1) is 17.0. The fourth-order valence-corrected chi connectivity index (χ4v) is 6.71. The number of carbonyl (C=O) groups excluding carboxylic acids is 2. The number of halogens is 1. The highest BCUT2D eigenvalue weighted by atomic mass is 35.5. The number of esters is 1. The number of ether oxygens (including phenoxy) is 1. The number of aryl methyl sites for hydroxylation is 1. The smallest absolute Gasteiger partial charge is 0.341 e. The van der Waals surface area contributed by atoms with Crippen molar-refractivity contribution in [2.75, 3.05) is 17.7 Å². The summed E-state index contributed by atoms with van der Waals surface area (Å²) in [5.41, 5.74) is 2.92. The number of anilines is 1. The van der Waals surface area contributed by atoms with Crippen LogP contribution in [-0.2, 0) is 9.53 Å². The van der Waals surface area contributed by atoms with Crippen molar-refractivity contribution in [1.29, 1.82) is 0 Å². The summed E-state index contributed by atoms with van der Waals surface area (Å²) < 4.78 is 8.37. The molecule has 0 saturated carbocycles. The van der Waals surface area contributed by atoms with Gasteiger partial charge in [0.15, 0.2) is 5.16 Å². The van der Waals surface area contributed by atoms with E-state index in [-0.39, 0.29) is 18.3 Å². The van der Waals surface area contributed by atoms with E-state index in [1.54, 1.807) is 30.4 Å². The molecule has 3 heterocycles. The van der Waals surface area contributed by atoms with E-state index in [2.05, 4.69) is 15.5 Å². The Morgan fingerprint density at radius 1 is 1.11 bits per heavy atom. The van der Waals surface area contributed by atoms with Crippen LogP contribution in [0.4, 0.5) is 5.00 Å². The standard InChI is InChI=1S/C24H19ClN4O3S3/c1-3-32-22(31)20-19(14-8-10-15(25)11-9-14)13(2)34-21(20)26-18(30)12-33-23-27-28-24-29(23)16-6-4-5-7-17(16)35-24/h4-11H,3,12H2,1-2H3,(H,26,30). The summed E-state index contributed by atoms with van der Waals surface area (Å²) >= 11 is 10.2. The maximum atomic E-state index is 12.9. The Kier molecular flexibility index (Phi) is 6.79. The minimum absolute atomic E-state index is 0.112. The van der Waals surface area contributed by atoms with Crippen LogP contribution in [0.15, 0.2) is 53.7 Å². The first kappa shape index (κ1) is 23.8. The number of benzene rings is 2. The molecular formula is C24H19ClN4O3S3. The average molecular weight is 543 g/mol. The molecule has 0 spiro atoms. The number of hydrogen-bond acceptors (Lipinski definition) is 8. The molecule has 35 heavy (non-hydrogen) atoms. The van der Waals surface area contributed by atoms with Gasteiger partial charge in [-0.15, -0.1) is 21.5 Å². The van der Waals surface area contributed by atoms with Gasteiger partial charge in [0.1, 0.15) is 10.6 Å². The van der Waals surface area contributed by atoms with E-state index in [9.17, 15) is 9.59 Å². The molecule has 2 aromatic carbocycles. The predicted octanol–water partition coefficient (Wildman–Crippen LogP) is 6.54. The number of aromatic nitrogens is 3. The molecule has 178 valence electrons. The number of carbonyl (C=O) groups is 2. The highest BCUT2D eigenvalue weighted by molar-refractivity contribution is 7.99. The zero-order chi connectivity index (χ0) is 24.5. The SMILES string of the molecule is CCOC(=O)c1c(NC(=O)CSc2nnc3sc4ccccc4n23)sc(C)c1-c1ccc(Cl)cc1. The second-order valence-electron chi connectivity index (χ2n) is 7.47. The van der Waals surface area contributed by atoms with Gasteiger partial charge < -0.3 is 10.1 Å². The first-order valence-electron chi connectivity index (χ1n) is 10.7. The second-order valence-corrected chi connectivity index (χ2v) is 11.1. The van der Waals surface area contributed by atoms with Crippen molar-refractivity contribution in [3.05, 3.63) is 64.0 Å². The monoisotopic (exact) mass is 542 g/mol. The maximum absolute atomic E-state index is 12.9. The molecule has 0 radical (unpaired) electrons. The van der Waals surface area contributed by atoms with E-state index in [0.29, 0.717) is 20.7 Å². The Labute approximate surface area is 218 Å². The highest BCUT2D eigenvalue weighted by Crippen LogP contribution is 2.41. The molecule has 11 heteroatoms. The number of thiophene rings is 1. The molecule has 0 saturated heterocycles. The summed E-state index contributed by atoms with van der Waals surface area (Å²) in [4.78, 5) is 27.5. The molecule has 7 nitrogen and oxygen atoms in total. The van der Waals surface area contributed by atoms with Crippen LogP contribution < -0.4 is 5.32 Å². The van der Waals surface area contributed by atoms with Crippen LogP contribution in [0.3, 0.4) is 0 Å². The number of fused-ring (bicyclic) bond motifs is 3. The molecular weight excluding hydrogens is 524 g/mol. The van der Waals surface area contributed by atoms with Crippen molar-refractivity contribution < 1.29 is 14.3 Å². The van der Waals surface area contributed by atoms with E-state index in [0.717, 1.165) is 31.2 Å². The van der Waals surface area contributed by atoms with Crippen LogP contribution >= 0.6 is 46.0 Å². The molecule has 5 rings (SSSR count). The number of thioether (sulfide) groups is 1. The normalized spacial score (nSPS) is 11.3. The van der Waals surface area contributed by atoms with E-state index in [4.69, 9.17) is 16.3 Å². The summed E-state index contributed by atoms with van der Waals surface area (Å²) in [6, 6.07) is 15.2. The number of para-hydroxylation sites is 1. The van der Waals surface area contributed by atoms with Crippen LogP contribution in [0.25, 0.3) is 26.3 Å². The zero-order valence-corrected chi connectivity index (χ0v) is 21.9. The molecule has 3 aromatic heterocycles. The molecule has 0 unspecified atom stereocenters. The lowest BCUT2D eigenvalue weighted by molar-refractivity contribution is -0.113. The van der Waals surface area contributed by atoms with Gasteiger partial charge in [-0.3, -0.25) is 9.20 Å². The molecule has 0 bridgehead atoms. The lowest BCUT2D eigenvalue weighted by Crippen LogP contribution is -2.16. The fourth-order valence-electron chi connectivity index (χ4n) is 3.74. The molecule has 0 aliphatic carbocycles. The van der Waals surface area contributed by atoms with E-state index in [1.807, 2.05) is 47.7 Å². The van der Waals surface area contributed by atoms with Gasteiger partial charge in [-0.05, 0) is 43.7 Å². The summed E-state index contributed by atoms with van der Waals surface area (Å²) in [7, 11) is 0. The molecule has 0 fully saturated rings. The van der Waals surface area contributed by atoms with Gasteiger partial charge in [-0.1, -0.05) is 59.0 Å². The molecule has 5 aromatic rings. The number of amides is 1. The van der Waals surface area contributed by atoms with Gasteiger partial charge in [0.2, 0.25) is 10.9 Å². The number of nitrogens with zero attached hydrogens (tertiary/aromatic N) is 3. The minimum Gasteiger partial charge on any atom is -0.462 e. The highest BCUT2D eigenvalue weighted by Gasteiger charge is 2.26. The second kappa shape index (κ2) is 9.98. The summed E-state index contributed by atoms with van der Waals surface area (Å²) in [6.07, 6.45) is 0. The number of rotatable bonds is 7. The first-order valence-corrected chi connectivity index (χ1v) is 13.7. The Morgan fingerprint density at radius 2 is 1.89 bits per heavy atom. The Balaban J connectivity index is 1.40. The van der Waals surface area contributed by atoms with E-state index < -0.39 is 5.97 Å². The Bertz CT molecular complexity index is 1560. The fraction of sp³-hybridized carbons (Fsp3) is 0.167. The molecule has 0 aliphatic rings. The topological polar surface area (TPSA) is 85.6 Å². The lowest BCUT2D eigenvalue weighted by atomic mass is 10.0. The van der Waals surface area contributed by atoms with Gasteiger partial charge in [0.05, 0.1) is 22.6 Å². The number of thiazole rings is 1. The molecule has 0 atom stereocenters. The average Bonchev–Trinajstić information content (AvgIpc) is 3.50. The van der Waals surface area contributed by atoms with Crippen LogP contribution in [0.5, 0.6) is 0 Å². The number of hydrogen-bond donors (Lipinski definition) is 1. The van der Waals surface area contributed by atoms with Gasteiger partial charge >= 0.3 is 5.97 Å². The predicted molar refractivity (Wildman–Crippen MR) is 143 cm³/mol. The van der Waals surface area contributed by atoms with Gasteiger partial charge in [0.25, 0.3) is 0 Å². The van der Waals surface area contributed by atoms with Crippen molar-refractivity contribution in [1.82, 2.24) is 14.6 Å². The van der Waals surface area contributed by atoms with Crippen LogP contribution in [0.1, 0.15) is 22.2 Å². The van der Waals surface area contributed by atoms with Gasteiger partial charge in [-0.2, -0.15) is 0 Å². The maximum Gasteiger partial charge on any atom is 0.341 e. The van der Waals surface area contributed by atoms with Gasteiger partial charge in [-0.25, -0.2) is 4.79 Å². The Morgan fingerprint density at radius 3 is 2.66 bits per heavy atom. The minimum atomic E-state index is -0.478. The van der Waals surface area contributed by atoms with E-state index >= 15 is 0 Å². The van der Waals surface area contributed by atoms with Gasteiger partial charge in [0, 0.05) is 15.5 Å². The van der Waals surface area contributed by atoms with Crippen LogP contribution in [-0.4, -0.2) is 38.8 Å². The third-order valence-corrected chi connectivity index (χ3v) is 8.41. The lowest BCUT2D eigenvalue weighted by Gasteiger charge is -2.09. The van der Waals surface area contributed by atoms with Crippen molar-refractivity contribution in [3.63, 3.8) is 0 Å². The van der Waals surface area contributed by atoms with Crippen LogP contribution in [0.2, 0.25) is 5.02 Å². The summed E-state index contributed by atoms with van der Waals surface area (Å²) in [6.45, 7) is 3.90. The quantitative estimate of drug-likeness (QED) is 0.185. The molecule has 1 N–H and O–H groups in total. The largest absolute Gasteiger partial charge is 0.462 e. The van der Waals surface area contributed by atoms with E-state index in [1.165, 1.54) is 23.1 Å². The zero-order valence-electron chi connectivity index (χ0n) is 18.7. The summed E-state index contributed by atoms with van der Waals surface area (Å²) in [5.74, 6) is -0.616. The number of nitrogens with one attached hydrogen (secondary N) is 1. The van der Waals surface area contributed by atoms with Crippen LogP contribution in [0, 0.1) is 6.92 Å². The Hall–Kier alpha value is -2.92. The van der Waals surface area contributed by atoms with Crippen molar-refractivity contribution in [3.8, 4) is 11.1 Å².